The SMILES string of the molecule is CCc1ccccc1NC(=O)C[NH+]1CCN(C(=O)CCNC(=O)c2ccccc2)CC1. The van der Waals surface area contributed by atoms with E-state index in [1.54, 1.807) is 12.1 Å². The third-order valence-electron chi connectivity index (χ3n) is 5.57. The Morgan fingerprint density at radius 2 is 1.65 bits per heavy atom. The van der Waals surface area contributed by atoms with Gasteiger partial charge in [-0.25, -0.2) is 0 Å². The monoisotopic (exact) mass is 423 g/mol. The van der Waals surface area contributed by atoms with Crippen molar-refractivity contribution in [2.75, 3.05) is 44.6 Å². The van der Waals surface area contributed by atoms with Gasteiger partial charge in [-0.2, -0.15) is 0 Å². The van der Waals surface area contributed by atoms with Crippen molar-refractivity contribution >= 4 is 23.4 Å². The molecule has 7 heteroatoms. The van der Waals surface area contributed by atoms with Crippen molar-refractivity contribution in [3.8, 4) is 0 Å². The molecule has 0 bridgehead atoms. The highest BCUT2D eigenvalue weighted by atomic mass is 16.2. The Morgan fingerprint density at radius 3 is 2.35 bits per heavy atom. The van der Waals surface area contributed by atoms with Crippen molar-refractivity contribution in [1.82, 2.24) is 10.2 Å². The van der Waals surface area contributed by atoms with Crippen LogP contribution in [-0.4, -0.2) is 61.9 Å². The van der Waals surface area contributed by atoms with Gasteiger partial charge in [-0.15, -0.1) is 0 Å². The first-order chi connectivity index (χ1) is 15.1. The Hall–Kier alpha value is -3.19. The fraction of sp³-hybridized carbons (Fsp3) is 0.375. The third kappa shape index (κ3) is 6.65. The summed E-state index contributed by atoms with van der Waals surface area (Å²) >= 11 is 0. The van der Waals surface area contributed by atoms with E-state index in [1.165, 1.54) is 4.90 Å². The zero-order chi connectivity index (χ0) is 22.1. The number of quaternary nitrogens is 1. The van der Waals surface area contributed by atoms with Crippen LogP contribution in [0.5, 0.6) is 0 Å². The molecule has 0 aliphatic carbocycles. The zero-order valence-electron chi connectivity index (χ0n) is 18.0. The molecule has 1 aliphatic rings. The summed E-state index contributed by atoms with van der Waals surface area (Å²) in [7, 11) is 0. The number of aryl methyl sites for hydroxylation is 1. The van der Waals surface area contributed by atoms with Crippen LogP contribution < -0.4 is 15.5 Å². The summed E-state index contributed by atoms with van der Waals surface area (Å²) in [4.78, 5) is 39.9. The molecule has 3 rings (SSSR count). The van der Waals surface area contributed by atoms with Gasteiger partial charge in [-0.05, 0) is 30.2 Å². The van der Waals surface area contributed by atoms with Gasteiger partial charge in [-0.1, -0.05) is 43.3 Å². The Labute approximate surface area is 183 Å². The minimum absolute atomic E-state index is 0.000647. The molecule has 2 aromatic rings. The molecule has 31 heavy (non-hydrogen) atoms. The fourth-order valence-electron chi connectivity index (χ4n) is 3.75. The number of amides is 3. The van der Waals surface area contributed by atoms with Crippen molar-refractivity contribution in [3.05, 3.63) is 65.7 Å². The van der Waals surface area contributed by atoms with E-state index in [1.807, 2.05) is 47.4 Å². The summed E-state index contributed by atoms with van der Waals surface area (Å²) in [5, 5.41) is 5.81. The lowest BCUT2D eigenvalue weighted by atomic mass is 10.1. The molecule has 0 saturated carbocycles. The van der Waals surface area contributed by atoms with Crippen LogP contribution in [0.25, 0.3) is 0 Å². The van der Waals surface area contributed by atoms with E-state index in [0.29, 0.717) is 31.7 Å². The smallest absolute Gasteiger partial charge is 0.279 e. The minimum Gasteiger partial charge on any atom is -0.352 e. The highest BCUT2D eigenvalue weighted by Crippen LogP contribution is 2.14. The molecular weight excluding hydrogens is 392 g/mol. The Balaban J connectivity index is 1.36. The average molecular weight is 424 g/mol. The maximum Gasteiger partial charge on any atom is 0.279 e. The minimum atomic E-state index is -0.168. The Morgan fingerprint density at radius 1 is 0.968 bits per heavy atom. The normalized spacial score (nSPS) is 14.2. The van der Waals surface area contributed by atoms with E-state index in [9.17, 15) is 14.4 Å². The quantitative estimate of drug-likeness (QED) is 0.586. The molecule has 0 radical (unpaired) electrons. The second kappa shape index (κ2) is 11.3. The lowest BCUT2D eigenvalue weighted by Gasteiger charge is -2.32. The molecule has 164 valence electrons. The molecule has 2 aromatic carbocycles. The predicted molar refractivity (Wildman–Crippen MR) is 120 cm³/mol. The van der Waals surface area contributed by atoms with Crippen LogP contribution in [0.15, 0.2) is 54.6 Å². The summed E-state index contributed by atoms with van der Waals surface area (Å²) in [6, 6.07) is 16.8. The van der Waals surface area contributed by atoms with Gasteiger partial charge in [0.05, 0.1) is 26.2 Å². The average Bonchev–Trinajstić information content (AvgIpc) is 2.80. The van der Waals surface area contributed by atoms with E-state index < -0.39 is 0 Å². The molecule has 7 nitrogen and oxygen atoms in total. The number of rotatable bonds is 8. The first-order valence-electron chi connectivity index (χ1n) is 10.9. The van der Waals surface area contributed by atoms with Crippen LogP contribution in [0.2, 0.25) is 0 Å². The van der Waals surface area contributed by atoms with Gasteiger partial charge in [0.2, 0.25) is 5.91 Å². The van der Waals surface area contributed by atoms with Gasteiger partial charge >= 0.3 is 0 Å². The molecule has 1 aliphatic heterocycles. The largest absolute Gasteiger partial charge is 0.352 e. The van der Waals surface area contributed by atoms with Crippen molar-refractivity contribution in [2.45, 2.75) is 19.8 Å². The third-order valence-corrected chi connectivity index (χ3v) is 5.57. The van der Waals surface area contributed by atoms with Crippen LogP contribution in [0.4, 0.5) is 5.69 Å². The Kier molecular flexibility index (Phi) is 8.18. The number of nitrogens with one attached hydrogen (secondary N) is 3. The first kappa shape index (κ1) is 22.5. The summed E-state index contributed by atoms with van der Waals surface area (Å²) in [5.74, 6) is -0.133. The highest BCUT2D eigenvalue weighted by molar-refractivity contribution is 5.94. The molecule has 0 spiro atoms. The van der Waals surface area contributed by atoms with E-state index in [4.69, 9.17) is 0 Å². The number of carbonyl (C=O) groups is 3. The maximum absolute atomic E-state index is 12.4. The lowest BCUT2D eigenvalue weighted by Crippen LogP contribution is -3.15. The molecule has 0 atom stereocenters. The maximum atomic E-state index is 12.4. The summed E-state index contributed by atoms with van der Waals surface area (Å²) in [6.07, 6.45) is 1.15. The van der Waals surface area contributed by atoms with Crippen molar-refractivity contribution in [3.63, 3.8) is 0 Å². The second-order valence-electron chi connectivity index (χ2n) is 7.74. The van der Waals surface area contributed by atoms with Crippen molar-refractivity contribution in [1.29, 1.82) is 0 Å². The number of nitrogens with zero attached hydrogens (tertiary/aromatic N) is 1. The number of anilines is 1. The van der Waals surface area contributed by atoms with Crippen LogP contribution in [-0.2, 0) is 16.0 Å². The lowest BCUT2D eigenvalue weighted by molar-refractivity contribution is -0.895. The van der Waals surface area contributed by atoms with E-state index >= 15 is 0 Å². The summed E-state index contributed by atoms with van der Waals surface area (Å²) < 4.78 is 0. The fourth-order valence-corrected chi connectivity index (χ4v) is 3.75. The molecule has 1 fully saturated rings. The van der Waals surface area contributed by atoms with Crippen LogP contribution in [0.1, 0.15) is 29.3 Å². The molecule has 1 heterocycles. The summed E-state index contributed by atoms with van der Waals surface area (Å²) in [6.45, 7) is 5.51. The first-order valence-corrected chi connectivity index (χ1v) is 10.9. The van der Waals surface area contributed by atoms with E-state index in [-0.39, 0.29) is 24.1 Å². The van der Waals surface area contributed by atoms with Crippen LogP contribution >= 0.6 is 0 Å². The van der Waals surface area contributed by atoms with Crippen LogP contribution in [0.3, 0.4) is 0 Å². The molecule has 3 amide bonds. The van der Waals surface area contributed by atoms with Gasteiger partial charge in [0.25, 0.3) is 11.8 Å². The van der Waals surface area contributed by atoms with Gasteiger partial charge < -0.3 is 20.4 Å². The molecule has 1 saturated heterocycles. The number of piperazine rings is 1. The number of hydrogen-bond acceptors (Lipinski definition) is 3. The molecule has 0 unspecified atom stereocenters. The van der Waals surface area contributed by atoms with Gasteiger partial charge in [0.1, 0.15) is 0 Å². The predicted octanol–water partition coefficient (Wildman–Crippen LogP) is 0.735. The molecule has 3 N–H and O–H groups in total. The van der Waals surface area contributed by atoms with Gasteiger partial charge in [0.15, 0.2) is 6.54 Å². The molecule has 0 aromatic heterocycles. The number of hydrogen-bond donors (Lipinski definition) is 3. The zero-order valence-corrected chi connectivity index (χ0v) is 18.0. The second-order valence-corrected chi connectivity index (χ2v) is 7.74. The summed E-state index contributed by atoms with van der Waals surface area (Å²) in [5.41, 5.74) is 2.59. The van der Waals surface area contributed by atoms with E-state index in [2.05, 4.69) is 17.6 Å². The standard InChI is InChI=1S/C24H30N4O3/c1-2-19-8-6-7-11-21(19)26-22(29)18-27-14-16-28(17-15-27)23(30)12-13-25-24(31)20-9-4-3-5-10-20/h3-11H,2,12-18H2,1H3,(H,25,31)(H,26,29)/p+1. The highest BCUT2D eigenvalue weighted by Gasteiger charge is 2.25. The van der Waals surface area contributed by atoms with Crippen molar-refractivity contribution in [2.24, 2.45) is 0 Å². The number of benzene rings is 2. The number of para-hydroxylation sites is 1. The topological polar surface area (TPSA) is 82.9 Å². The van der Waals surface area contributed by atoms with Crippen LogP contribution in [0, 0.1) is 0 Å². The van der Waals surface area contributed by atoms with Gasteiger partial charge in [0, 0.05) is 24.2 Å². The number of carbonyl (C=O) groups excluding carboxylic acids is 3. The van der Waals surface area contributed by atoms with Crippen molar-refractivity contribution < 1.29 is 19.3 Å². The molecular formula is C24H31N4O3+. The van der Waals surface area contributed by atoms with E-state index in [0.717, 1.165) is 30.8 Å². The Bertz CT molecular complexity index is 893. The van der Waals surface area contributed by atoms with Gasteiger partial charge in [-0.3, -0.25) is 14.4 Å².